The van der Waals surface area contributed by atoms with Gasteiger partial charge in [-0.3, -0.25) is 14.7 Å². The summed E-state index contributed by atoms with van der Waals surface area (Å²) in [6.45, 7) is 4.23. The van der Waals surface area contributed by atoms with Gasteiger partial charge >= 0.3 is 0 Å². The fraction of sp³-hybridized carbons (Fsp3) is 0.455. The molecule has 30 heavy (non-hydrogen) atoms. The summed E-state index contributed by atoms with van der Waals surface area (Å²) in [6.07, 6.45) is 6.02. The predicted octanol–water partition coefficient (Wildman–Crippen LogP) is 3.31. The third-order valence-electron chi connectivity index (χ3n) is 6.79. The molecule has 3 fully saturated rings. The minimum Gasteiger partial charge on any atom is -0.371 e. The van der Waals surface area contributed by atoms with Crippen molar-refractivity contribution < 1.29 is 4.79 Å². The first-order valence-corrected chi connectivity index (χ1v) is 12.0. The van der Waals surface area contributed by atoms with Crippen LogP contribution in [0.5, 0.6) is 0 Å². The first-order chi connectivity index (χ1) is 14.5. The fourth-order valence-electron chi connectivity index (χ4n) is 4.98. The first-order valence-electron chi connectivity index (χ1n) is 10.4. The molecule has 3 aliphatic rings. The molecule has 3 saturated heterocycles. The van der Waals surface area contributed by atoms with Gasteiger partial charge in [0, 0.05) is 59.2 Å². The number of aromatic nitrogens is 1. The van der Waals surface area contributed by atoms with Crippen molar-refractivity contribution in [2.24, 2.45) is 0 Å². The molecule has 3 aliphatic heterocycles. The molecule has 158 valence electrons. The van der Waals surface area contributed by atoms with Crippen molar-refractivity contribution in [1.29, 1.82) is 0 Å². The van der Waals surface area contributed by atoms with Crippen LogP contribution in [0.3, 0.4) is 0 Å². The van der Waals surface area contributed by atoms with Crippen molar-refractivity contribution in [3.63, 3.8) is 0 Å². The summed E-state index contributed by atoms with van der Waals surface area (Å²) in [7, 11) is 2.22. The summed E-state index contributed by atoms with van der Waals surface area (Å²) < 4.78 is 3.29. The molecular formula is C22H26BrN5OS. The van der Waals surface area contributed by atoms with E-state index in [0.717, 1.165) is 43.5 Å². The van der Waals surface area contributed by atoms with Crippen LogP contribution in [-0.4, -0.2) is 76.5 Å². The van der Waals surface area contributed by atoms with Gasteiger partial charge in [-0.1, -0.05) is 15.9 Å². The van der Waals surface area contributed by atoms with E-state index in [1.54, 1.807) is 11.9 Å². The number of rotatable bonds is 3. The van der Waals surface area contributed by atoms with E-state index in [2.05, 4.69) is 71.2 Å². The van der Waals surface area contributed by atoms with Crippen LogP contribution in [0.1, 0.15) is 12.8 Å². The van der Waals surface area contributed by atoms with E-state index in [-0.39, 0.29) is 17.6 Å². The normalized spacial score (nSPS) is 24.5. The second-order valence-corrected chi connectivity index (χ2v) is 10.5. The molecule has 1 aromatic carbocycles. The second-order valence-electron chi connectivity index (χ2n) is 8.40. The Balaban J connectivity index is 1.27. The maximum absolute atomic E-state index is 13.0. The highest BCUT2D eigenvalue weighted by atomic mass is 79.9. The third-order valence-corrected chi connectivity index (χ3v) is 8.34. The van der Waals surface area contributed by atoms with E-state index >= 15 is 0 Å². The summed E-state index contributed by atoms with van der Waals surface area (Å²) in [5, 5.41) is 0. The number of pyridine rings is 1. The van der Waals surface area contributed by atoms with E-state index in [4.69, 9.17) is 0 Å². The lowest BCUT2D eigenvalue weighted by molar-refractivity contribution is -0.137. The van der Waals surface area contributed by atoms with Crippen LogP contribution in [0.25, 0.3) is 0 Å². The largest absolute Gasteiger partial charge is 0.371 e. The van der Waals surface area contributed by atoms with Gasteiger partial charge in [-0.05, 0) is 68.2 Å². The molecule has 1 unspecified atom stereocenters. The molecule has 0 aliphatic carbocycles. The van der Waals surface area contributed by atoms with Gasteiger partial charge in [0.2, 0.25) is 5.91 Å². The number of carbonyl (C=O) groups is 1. The third kappa shape index (κ3) is 3.75. The minimum absolute atomic E-state index is 0.0855. The van der Waals surface area contributed by atoms with Gasteiger partial charge in [0.1, 0.15) is 0 Å². The number of nitrogens with zero attached hydrogens (tertiary/aromatic N) is 5. The van der Waals surface area contributed by atoms with Gasteiger partial charge in [-0.2, -0.15) is 0 Å². The van der Waals surface area contributed by atoms with Crippen molar-refractivity contribution in [3.8, 4) is 0 Å². The number of hydrogen-bond donors (Lipinski definition) is 0. The van der Waals surface area contributed by atoms with E-state index in [1.165, 1.54) is 10.6 Å². The SMILES string of the molecule is CN1C2CN(Sc3ccc(Br)cc3)CC(=O)N2CC12CCN(c1ccncc1)CC2. The summed E-state index contributed by atoms with van der Waals surface area (Å²) in [5.41, 5.74) is 1.33. The topological polar surface area (TPSA) is 42.9 Å². The number of piperazine rings is 1. The number of piperidine rings is 1. The number of halogens is 1. The Morgan fingerprint density at radius 3 is 2.50 bits per heavy atom. The molecule has 0 N–H and O–H groups in total. The quantitative estimate of drug-likeness (QED) is 0.618. The van der Waals surface area contributed by atoms with Crippen LogP contribution in [0.4, 0.5) is 5.69 Å². The maximum atomic E-state index is 13.0. The highest BCUT2D eigenvalue weighted by molar-refractivity contribution is 9.10. The van der Waals surface area contributed by atoms with Crippen molar-refractivity contribution in [3.05, 3.63) is 53.3 Å². The van der Waals surface area contributed by atoms with E-state index in [0.29, 0.717) is 6.54 Å². The lowest BCUT2D eigenvalue weighted by Crippen LogP contribution is -2.56. The second kappa shape index (κ2) is 8.15. The lowest BCUT2D eigenvalue weighted by Gasteiger charge is -2.44. The number of likely N-dealkylation sites (N-methyl/N-ethyl adjacent to an activating group) is 1. The molecular weight excluding hydrogens is 462 g/mol. The van der Waals surface area contributed by atoms with Crippen molar-refractivity contribution in [2.45, 2.75) is 29.4 Å². The molecule has 0 bridgehead atoms. The number of fused-ring (bicyclic) bond motifs is 1. The molecule has 1 spiro atoms. The molecule has 5 rings (SSSR count). The summed E-state index contributed by atoms with van der Waals surface area (Å²) >= 11 is 5.17. The Morgan fingerprint density at radius 1 is 1.10 bits per heavy atom. The smallest absolute Gasteiger partial charge is 0.239 e. The molecule has 1 aromatic heterocycles. The average Bonchev–Trinajstić information content (AvgIpc) is 3.03. The lowest BCUT2D eigenvalue weighted by atomic mass is 9.86. The molecule has 1 atom stereocenters. The molecule has 6 nitrogen and oxygen atoms in total. The highest BCUT2D eigenvalue weighted by Crippen LogP contribution is 2.40. The number of benzene rings is 1. The Bertz CT molecular complexity index is 904. The van der Waals surface area contributed by atoms with Crippen molar-refractivity contribution >= 4 is 39.5 Å². The van der Waals surface area contributed by atoms with Crippen LogP contribution in [0.2, 0.25) is 0 Å². The van der Waals surface area contributed by atoms with Crippen LogP contribution >= 0.6 is 27.9 Å². The van der Waals surface area contributed by atoms with Crippen LogP contribution in [0, 0.1) is 0 Å². The number of carbonyl (C=O) groups excluding carboxylic acids is 1. The Hall–Kier alpha value is -1.61. The summed E-state index contributed by atoms with van der Waals surface area (Å²) in [4.78, 5) is 25.4. The van der Waals surface area contributed by atoms with Gasteiger partial charge in [-0.15, -0.1) is 0 Å². The molecule has 2 aromatic rings. The van der Waals surface area contributed by atoms with Crippen LogP contribution in [-0.2, 0) is 4.79 Å². The minimum atomic E-state index is 0.0855. The average molecular weight is 488 g/mol. The van der Waals surface area contributed by atoms with Crippen molar-refractivity contribution in [1.82, 2.24) is 19.1 Å². The highest BCUT2D eigenvalue weighted by Gasteiger charge is 2.53. The molecule has 4 heterocycles. The standard InChI is InChI=1S/C22H26BrN5OS/c1-25-20-14-27(30-19-4-2-17(23)3-5-19)15-21(29)28(20)16-22(25)8-12-26(13-9-22)18-6-10-24-11-7-18/h2-7,10-11,20H,8-9,12-16H2,1H3. The van der Waals surface area contributed by atoms with Gasteiger partial charge in [0.05, 0.1) is 12.7 Å². The predicted molar refractivity (Wildman–Crippen MR) is 123 cm³/mol. The van der Waals surface area contributed by atoms with Gasteiger partial charge in [-0.25, -0.2) is 4.31 Å². The van der Waals surface area contributed by atoms with Crippen molar-refractivity contribution in [2.75, 3.05) is 44.7 Å². The van der Waals surface area contributed by atoms with Crippen LogP contribution < -0.4 is 4.90 Å². The monoisotopic (exact) mass is 487 g/mol. The van der Waals surface area contributed by atoms with E-state index in [9.17, 15) is 4.79 Å². The van der Waals surface area contributed by atoms with Gasteiger partial charge < -0.3 is 9.80 Å². The number of hydrogen-bond acceptors (Lipinski definition) is 6. The number of anilines is 1. The summed E-state index contributed by atoms with van der Waals surface area (Å²) in [6, 6.07) is 12.5. The Kier molecular flexibility index (Phi) is 5.51. The fourth-order valence-corrected chi connectivity index (χ4v) is 6.19. The number of amides is 1. The Morgan fingerprint density at radius 2 is 1.80 bits per heavy atom. The molecule has 1 amide bonds. The maximum Gasteiger partial charge on any atom is 0.239 e. The zero-order valence-corrected chi connectivity index (χ0v) is 19.5. The summed E-state index contributed by atoms with van der Waals surface area (Å²) in [5.74, 6) is 0.246. The van der Waals surface area contributed by atoms with Crippen LogP contribution in [0.15, 0.2) is 58.2 Å². The van der Waals surface area contributed by atoms with Gasteiger partial charge in [0.15, 0.2) is 0 Å². The molecule has 0 radical (unpaired) electrons. The van der Waals surface area contributed by atoms with Gasteiger partial charge in [0.25, 0.3) is 0 Å². The Labute approximate surface area is 190 Å². The van der Waals surface area contributed by atoms with E-state index < -0.39 is 0 Å². The zero-order valence-electron chi connectivity index (χ0n) is 17.1. The first kappa shape index (κ1) is 20.3. The zero-order chi connectivity index (χ0) is 20.7. The van der Waals surface area contributed by atoms with E-state index in [1.807, 2.05) is 24.5 Å². The molecule has 8 heteroatoms. The molecule has 0 saturated carbocycles.